The highest BCUT2D eigenvalue weighted by Crippen LogP contribution is 2.46. The molecule has 128 valence electrons. The van der Waals surface area contributed by atoms with Gasteiger partial charge < -0.3 is 4.90 Å². The molecule has 6 heteroatoms. The number of aliphatic imine (C=N–C) groups is 1. The minimum Gasteiger partial charge on any atom is -0.347 e. The minimum atomic E-state index is -0.423. The maximum atomic E-state index is 10.8. The second-order valence-electron chi connectivity index (χ2n) is 6.42. The second-order valence-corrected chi connectivity index (χ2v) is 7.28. The van der Waals surface area contributed by atoms with Gasteiger partial charge in [0, 0.05) is 46.7 Å². The zero-order valence-electron chi connectivity index (χ0n) is 14.2. The van der Waals surface area contributed by atoms with Crippen LogP contribution in [0.5, 0.6) is 0 Å². The van der Waals surface area contributed by atoms with E-state index in [0.29, 0.717) is 10.2 Å². The molecule has 1 aliphatic heterocycles. The monoisotopic (exact) mass is 399 g/mol. The van der Waals surface area contributed by atoms with E-state index in [-0.39, 0.29) is 11.1 Å². The molecule has 1 aliphatic rings. The summed E-state index contributed by atoms with van der Waals surface area (Å²) in [6, 6.07) is 12.9. The van der Waals surface area contributed by atoms with Crippen molar-refractivity contribution < 1.29 is 4.92 Å². The highest BCUT2D eigenvalue weighted by molar-refractivity contribution is 9.10. The van der Waals surface area contributed by atoms with Crippen molar-refractivity contribution in [3.8, 4) is 0 Å². The maximum absolute atomic E-state index is 10.8. The molecule has 0 N–H and O–H groups in total. The number of hydrogen-bond acceptors (Lipinski definition) is 4. The van der Waals surface area contributed by atoms with Gasteiger partial charge in [-0.15, -0.1) is 0 Å². The summed E-state index contributed by atoms with van der Waals surface area (Å²) >= 11 is 3.34. The molecule has 3 rings (SSSR count). The molecule has 0 aromatic heterocycles. The number of benzene rings is 2. The summed E-state index contributed by atoms with van der Waals surface area (Å²) in [5, 5.41) is 10.8. The summed E-state index contributed by atoms with van der Waals surface area (Å²) in [4.78, 5) is 17.0. The smallest absolute Gasteiger partial charge is 0.270 e. The van der Waals surface area contributed by atoms with Gasteiger partial charge in [-0.25, -0.2) is 0 Å². The van der Waals surface area contributed by atoms with Crippen molar-refractivity contribution in [3.63, 3.8) is 0 Å². The highest BCUT2D eigenvalue weighted by Gasteiger charge is 2.37. The van der Waals surface area contributed by atoms with Gasteiger partial charge in [0.2, 0.25) is 0 Å². The summed E-state index contributed by atoms with van der Waals surface area (Å²) in [6.07, 6.45) is 3.74. The van der Waals surface area contributed by atoms with Crippen LogP contribution in [-0.2, 0) is 5.41 Å². The van der Waals surface area contributed by atoms with Crippen LogP contribution in [0.15, 0.2) is 63.7 Å². The number of nitro benzene ring substituents is 1. The third-order valence-electron chi connectivity index (χ3n) is 4.53. The fraction of sp³-hybridized carbons (Fsp3) is 0.211. The van der Waals surface area contributed by atoms with E-state index in [4.69, 9.17) is 0 Å². The lowest BCUT2D eigenvalue weighted by Gasteiger charge is -2.23. The molecule has 2 aromatic carbocycles. The van der Waals surface area contributed by atoms with Gasteiger partial charge in [-0.1, -0.05) is 32.0 Å². The Hall–Kier alpha value is -2.47. The molecular weight excluding hydrogens is 382 g/mol. The number of hydrogen-bond donors (Lipinski definition) is 0. The molecule has 0 spiro atoms. The van der Waals surface area contributed by atoms with E-state index >= 15 is 0 Å². The first-order chi connectivity index (χ1) is 11.8. The number of non-ortho nitro benzene ring substituents is 1. The minimum absolute atomic E-state index is 0.0382. The number of nitrogens with zero attached hydrogens (tertiary/aromatic N) is 3. The molecule has 0 amide bonds. The quantitative estimate of drug-likeness (QED) is 0.395. The van der Waals surface area contributed by atoms with E-state index in [9.17, 15) is 10.1 Å². The lowest BCUT2D eigenvalue weighted by Crippen LogP contribution is -2.23. The molecule has 0 fully saturated rings. The average molecular weight is 400 g/mol. The van der Waals surface area contributed by atoms with Crippen molar-refractivity contribution in [1.29, 1.82) is 0 Å². The predicted octanol–water partition coefficient (Wildman–Crippen LogP) is 5.37. The van der Waals surface area contributed by atoms with Crippen molar-refractivity contribution in [2.24, 2.45) is 4.99 Å². The summed E-state index contributed by atoms with van der Waals surface area (Å²) in [5.74, 6) is 0. The molecule has 0 unspecified atom stereocenters. The van der Waals surface area contributed by atoms with Gasteiger partial charge in [-0.05, 0) is 39.7 Å². The number of halogens is 1. The normalized spacial score (nSPS) is 17.3. The SMILES string of the molecule is CN1/C(=C\C=Nc2ccc([N+](=O)[O-])cc2Br)C(C)(C)c2ccccc21. The van der Waals surface area contributed by atoms with Crippen LogP contribution >= 0.6 is 15.9 Å². The molecular formula is C19H18BrN3O2. The van der Waals surface area contributed by atoms with Crippen molar-refractivity contribution in [1.82, 2.24) is 0 Å². The fourth-order valence-corrected chi connectivity index (χ4v) is 3.67. The summed E-state index contributed by atoms with van der Waals surface area (Å²) in [7, 11) is 2.05. The van der Waals surface area contributed by atoms with Crippen LogP contribution in [0.2, 0.25) is 0 Å². The Morgan fingerprint density at radius 2 is 1.96 bits per heavy atom. The largest absolute Gasteiger partial charge is 0.347 e. The zero-order valence-corrected chi connectivity index (χ0v) is 15.8. The van der Waals surface area contributed by atoms with E-state index in [2.05, 4.69) is 64.9 Å². The molecule has 5 nitrogen and oxygen atoms in total. The van der Waals surface area contributed by atoms with E-state index in [1.807, 2.05) is 12.1 Å². The third kappa shape index (κ3) is 3.09. The average Bonchev–Trinajstić information content (AvgIpc) is 2.77. The molecule has 0 saturated heterocycles. The summed E-state index contributed by atoms with van der Waals surface area (Å²) in [5.41, 5.74) is 4.21. The predicted molar refractivity (Wildman–Crippen MR) is 105 cm³/mol. The van der Waals surface area contributed by atoms with Crippen LogP contribution in [-0.4, -0.2) is 18.2 Å². The van der Waals surface area contributed by atoms with Crippen LogP contribution in [0.4, 0.5) is 17.1 Å². The van der Waals surface area contributed by atoms with Gasteiger partial charge >= 0.3 is 0 Å². The van der Waals surface area contributed by atoms with Crippen molar-refractivity contribution in [2.75, 3.05) is 11.9 Å². The Bertz CT molecular complexity index is 903. The fourth-order valence-electron chi connectivity index (χ4n) is 3.20. The lowest BCUT2D eigenvalue weighted by molar-refractivity contribution is -0.384. The van der Waals surface area contributed by atoms with Gasteiger partial charge in [0.25, 0.3) is 5.69 Å². The number of allylic oxidation sites excluding steroid dienone is 2. The Balaban J connectivity index is 1.90. The molecule has 1 heterocycles. The number of para-hydroxylation sites is 1. The van der Waals surface area contributed by atoms with Gasteiger partial charge in [0.1, 0.15) is 0 Å². The standard InChI is InChI=1S/C19H18BrN3O2/c1-19(2)14-6-4-5-7-17(14)22(3)18(19)10-11-21-16-9-8-13(23(24)25)12-15(16)20/h4-12H,1-3H3/b18-10-,21-11?. The topological polar surface area (TPSA) is 58.7 Å². The summed E-state index contributed by atoms with van der Waals surface area (Å²) in [6.45, 7) is 4.38. The molecule has 0 atom stereocenters. The van der Waals surface area contributed by atoms with Crippen molar-refractivity contribution in [2.45, 2.75) is 19.3 Å². The molecule has 2 aromatic rings. The molecule has 0 saturated carbocycles. The Labute approximate surface area is 155 Å². The van der Waals surface area contributed by atoms with Crippen LogP contribution < -0.4 is 4.90 Å². The van der Waals surface area contributed by atoms with Crippen LogP contribution in [0.3, 0.4) is 0 Å². The zero-order chi connectivity index (χ0) is 18.2. The van der Waals surface area contributed by atoms with Gasteiger partial charge in [-0.2, -0.15) is 0 Å². The molecule has 0 bridgehead atoms. The Morgan fingerprint density at radius 1 is 1.24 bits per heavy atom. The highest BCUT2D eigenvalue weighted by atomic mass is 79.9. The van der Waals surface area contributed by atoms with Gasteiger partial charge in [0.05, 0.1) is 10.6 Å². The van der Waals surface area contributed by atoms with Crippen molar-refractivity contribution >= 4 is 39.2 Å². The van der Waals surface area contributed by atoms with Crippen LogP contribution in [0, 0.1) is 10.1 Å². The Kier molecular flexibility index (Phi) is 4.47. The summed E-state index contributed by atoms with van der Waals surface area (Å²) < 4.78 is 0.596. The number of rotatable bonds is 3. The van der Waals surface area contributed by atoms with Gasteiger partial charge in [-0.3, -0.25) is 15.1 Å². The third-order valence-corrected chi connectivity index (χ3v) is 5.16. The Morgan fingerprint density at radius 3 is 2.60 bits per heavy atom. The van der Waals surface area contributed by atoms with E-state index in [1.54, 1.807) is 12.3 Å². The molecule has 0 radical (unpaired) electrons. The molecule has 25 heavy (non-hydrogen) atoms. The first kappa shape index (κ1) is 17.4. The van der Waals surface area contributed by atoms with E-state index in [0.717, 1.165) is 5.70 Å². The number of nitro groups is 1. The van der Waals surface area contributed by atoms with Crippen LogP contribution in [0.1, 0.15) is 19.4 Å². The number of anilines is 1. The second kappa shape index (κ2) is 6.44. The van der Waals surface area contributed by atoms with Crippen molar-refractivity contribution in [3.05, 3.63) is 74.4 Å². The van der Waals surface area contributed by atoms with E-state index < -0.39 is 4.92 Å². The van der Waals surface area contributed by atoms with Gasteiger partial charge in [0.15, 0.2) is 0 Å². The molecule has 0 aliphatic carbocycles. The van der Waals surface area contributed by atoms with E-state index in [1.165, 1.54) is 23.4 Å². The maximum Gasteiger partial charge on any atom is 0.270 e. The first-order valence-corrected chi connectivity index (χ1v) is 8.63. The first-order valence-electron chi connectivity index (χ1n) is 7.84. The number of fused-ring (bicyclic) bond motifs is 1. The number of likely N-dealkylation sites (N-methyl/N-ethyl adjacent to an activating group) is 1. The lowest BCUT2D eigenvalue weighted by atomic mass is 9.84. The van der Waals surface area contributed by atoms with Crippen LogP contribution in [0.25, 0.3) is 0 Å².